The van der Waals surface area contributed by atoms with Crippen LogP contribution in [-0.2, 0) is 25.6 Å². The van der Waals surface area contributed by atoms with Gasteiger partial charge in [0.2, 0.25) is 5.88 Å². The van der Waals surface area contributed by atoms with Gasteiger partial charge in [-0.25, -0.2) is 19.1 Å². The van der Waals surface area contributed by atoms with E-state index in [1.807, 2.05) is 13.8 Å². The van der Waals surface area contributed by atoms with Gasteiger partial charge in [-0.05, 0) is 49.4 Å². The Labute approximate surface area is 222 Å². The second-order valence-electron chi connectivity index (χ2n) is 9.23. The predicted molar refractivity (Wildman–Crippen MR) is 140 cm³/mol. The van der Waals surface area contributed by atoms with Crippen LogP contribution in [0.15, 0.2) is 56.7 Å². The summed E-state index contributed by atoms with van der Waals surface area (Å²) in [6.07, 6.45) is 1.30. The molecule has 0 fully saturated rings. The number of pyridine rings is 1. The van der Waals surface area contributed by atoms with Crippen LogP contribution in [0.5, 0.6) is 11.6 Å². The van der Waals surface area contributed by atoms with Gasteiger partial charge in [-0.3, -0.25) is 4.57 Å². The Balaban J connectivity index is 1.56. The molecule has 0 atom stereocenters. The third-order valence-corrected chi connectivity index (χ3v) is 6.36. The molecular weight excluding hydrogens is 515 g/mol. The molecule has 0 radical (unpaired) electrons. The Morgan fingerprint density at radius 3 is 2.51 bits per heavy atom. The molecule has 39 heavy (non-hydrogen) atoms. The first-order valence-electron chi connectivity index (χ1n) is 12.9. The highest BCUT2D eigenvalue weighted by atomic mass is 19.4. The number of rotatable bonds is 11. The number of imidazole rings is 1. The Bertz CT molecular complexity index is 1560. The van der Waals surface area contributed by atoms with Gasteiger partial charge < -0.3 is 14.3 Å². The first-order valence-corrected chi connectivity index (χ1v) is 12.9. The summed E-state index contributed by atoms with van der Waals surface area (Å²) in [7, 11) is 0. The molecule has 0 saturated carbocycles. The van der Waals surface area contributed by atoms with E-state index in [1.54, 1.807) is 24.4 Å². The molecule has 0 saturated heterocycles. The average molecular weight is 546 g/mol. The highest BCUT2D eigenvalue weighted by molar-refractivity contribution is 5.87. The Morgan fingerprint density at radius 2 is 1.85 bits per heavy atom. The first kappa shape index (κ1) is 28.0. The number of nitrogens with zero attached hydrogens (tertiary/aromatic N) is 3. The van der Waals surface area contributed by atoms with Crippen molar-refractivity contribution >= 4 is 11.0 Å². The number of aromatic nitrogens is 3. The number of fused-ring (bicyclic) bond motifs is 1. The van der Waals surface area contributed by atoms with Crippen LogP contribution in [0.2, 0.25) is 0 Å². The maximum Gasteiger partial charge on any atom is 0.417 e. The van der Waals surface area contributed by atoms with E-state index >= 15 is 0 Å². The van der Waals surface area contributed by atoms with Crippen LogP contribution in [-0.4, -0.2) is 25.8 Å². The van der Waals surface area contributed by atoms with E-state index in [9.17, 15) is 27.9 Å². The third-order valence-electron chi connectivity index (χ3n) is 6.36. The number of hydrogen-bond acceptors (Lipinski definition) is 6. The van der Waals surface area contributed by atoms with Crippen LogP contribution in [0.4, 0.5) is 13.2 Å². The summed E-state index contributed by atoms with van der Waals surface area (Å²) in [4.78, 5) is 28.9. The van der Waals surface area contributed by atoms with Crippen LogP contribution < -0.4 is 16.1 Å². The Hall–Kier alpha value is -4.02. The van der Waals surface area contributed by atoms with E-state index in [4.69, 9.17) is 9.15 Å². The molecule has 208 valence electrons. The summed E-state index contributed by atoms with van der Waals surface area (Å²) < 4.78 is 55.2. The molecule has 0 unspecified atom stereocenters. The van der Waals surface area contributed by atoms with E-state index < -0.39 is 23.1 Å². The van der Waals surface area contributed by atoms with E-state index in [0.29, 0.717) is 67.3 Å². The van der Waals surface area contributed by atoms with Gasteiger partial charge in [-0.2, -0.15) is 13.2 Å². The van der Waals surface area contributed by atoms with Gasteiger partial charge in [0.1, 0.15) is 17.2 Å². The fourth-order valence-electron chi connectivity index (χ4n) is 4.64. The zero-order valence-corrected chi connectivity index (χ0v) is 21.8. The van der Waals surface area contributed by atoms with Crippen LogP contribution in [0.1, 0.15) is 56.2 Å². The maximum absolute atomic E-state index is 13.8. The number of halogens is 3. The summed E-state index contributed by atoms with van der Waals surface area (Å²) in [5, 5.41) is 10.1. The largest absolute Gasteiger partial charge is 0.493 e. The topological polar surface area (TPSA) is 99.5 Å². The van der Waals surface area contributed by atoms with Gasteiger partial charge in [0.05, 0.1) is 18.4 Å². The number of alkyl halides is 3. The third kappa shape index (κ3) is 6.02. The molecule has 0 spiro atoms. The Morgan fingerprint density at radius 1 is 1.08 bits per heavy atom. The molecule has 4 aromatic rings. The van der Waals surface area contributed by atoms with Crippen molar-refractivity contribution in [1.29, 1.82) is 0 Å². The van der Waals surface area contributed by atoms with Crippen LogP contribution in [0, 0.1) is 0 Å². The lowest BCUT2D eigenvalue weighted by molar-refractivity contribution is -0.136. The molecule has 0 bridgehead atoms. The monoisotopic (exact) mass is 545 g/mol. The summed E-state index contributed by atoms with van der Waals surface area (Å²) in [5.41, 5.74) is -1.54. The minimum absolute atomic E-state index is 0.0983. The molecule has 4 rings (SSSR count). The van der Waals surface area contributed by atoms with Crippen molar-refractivity contribution in [2.24, 2.45) is 0 Å². The fourth-order valence-corrected chi connectivity index (χ4v) is 4.64. The SMILES string of the molecule is CCCc1cc2c(C(F)(F)F)cc(=O)oc2c(CCC)c1OCCCCn1c(O)cn(-c2ccccn2)c1=O. The molecule has 3 aromatic heterocycles. The van der Waals surface area contributed by atoms with Gasteiger partial charge in [0, 0.05) is 29.8 Å². The van der Waals surface area contributed by atoms with Crippen LogP contribution in [0.25, 0.3) is 16.8 Å². The molecule has 1 aromatic carbocycles. The van der Waals surface area contributed by atoms with E-state index in [0.717, 1.165) is 0 Å². The zero-order valence-electron chi connectivity index (χ0n) is 21.8. The smallest absolute Gasteiger partial charge is 0.417 e. The molecule has 0 aliphatic rings. The molecular formula is C28H30F3N3O5. The van der Waals surface area contributed by atoms with Crippen molar-refractivity contribution in [3.8, 4) is 17.4 Å². The first-order chi connectivity index (χ1) is 18.7. The fraction of sp³-hybridized carbons (Fsp3) is 0.393. The molecule has 0 aliphatic heterocycles. The number of ether oxygens (including phenoxy) is 1. The van der Waals surface area contributed by atoms with E-state index in [-0.39, 0.29) is 30.0 Å². The lowest BCUT2D eigenvalue weighted by atomic mass is 9.96. The molecule has 3 heterocycles. The van der Waals surface area contributed by atoms with E-state index in [2.05, 4.69) is 4.98 Å². The Kier molecular flexibility index (Phi) is 8.47. The number of unbranched alkanes of at least 4 members (excludes halogenated alkanes) is 1. The van der Waals surface area contributed by atoms with Gasteiger partial charge in [0.25, 0.3) is 0 Å². The standard InChI is InChI=1S/C28H30F3N3O5/c1-3-9-18-15-20-21(28(29,30)31)16-24(36)39-26(20)19(10-4-2)25(18)38-14-8-7-13-33-23(35)17-34(27(33)37)22-11-5-6-12-32-22/h5-6,11-12,15-17,35H,3-4,7-10,13-14H2,1-2H3. The van der Waals surface area contributed by atoms with Crippen molar-refractivity contribution < 1.29 is 27.4 Å². The normalized spacial score (nSPS) is 11.8. The summed E-state index contributed by atoms with van der Waals surface area (Å²) in [5.74, 6) is 0.644. The second kappa shape index (κ2) is 11.8. The van der Waals surface area contributed by atoms with Gasteiger partial charge >= 0.3 is 17.5 Å². The number of aromatic hydroxyl groups is 1. The summed E-state index contributed by atoms with van der Waals surface area (Å²) in [6, 6.07) is 7.03. The summed E-state index contributed by atoms with van der Waals surface area (Å²) in [6.45, 7) is 4.26. The number of hydrogen-bond donors (Lipinski definition) is 1. The lowest BCUT2D eigenvalue weighted by Crippen LogP contribution is -2.23. The van der Waals surface area contributed by atoms with E-state index in [1.165, 1.54) is 21.4 Å². The van der Waals surface area contributed by atoms with Gasteiger partial charge in [0.15, 0.2) is 0 Å². The minimum atomic E-state index is -4.71. The molecule has 0 aliphatic carbocycles. The predicted octanol–water partition coefficient (Wildman–Crippen LogP) is 5.63. The van der Waals surface area contributed by atoms with Gasteiger partial charge in [-0.1, -0.05) is 32.8 Å². The van der Waals surface area contributed by atoms with Crippen LogP contribution in [0.3, 0.4) is 0 Å². The van der Waals surface area contributed by atoms with Crippen molar-refractivity contribution in [2.75, 3.05) is 6.61 Å². The average Bonchev–Trinajstić information content (AvgIpc) is 3.18. The molecule has 0 amide bonds. The highest BCUT2D eigenvalue weighted by Gasteiger charge is 2.35. The maximum atomic E-state index is 13.8. The molecule has 8 nitrogen and oxygen atoms in total. The lowest BCUT2D eigenvalue weighted by Gasteiger charge is -2.19. The van der Waals surface area contributed by atoms with Crippen molar-refractivity contribution in [3.63, 3.8) is 0 Å². The van der Waals surface area contributed by atoms with Crippen molar-refractivity contribution in [3.05, 3.63) is 80.3 Å². The zero-order chi connectivity index (χ0) is 28.2. The molecule has 11 heteroatoms. The van der Waals surface area contributed by atoms with Gasteiger partial charge in [-0.15, -0.1) is 0 Å². The van der Waals surface area contributed by atoms with Crippen LogP contribution >= 0.6 is 0 Å². The van der Waals surface area contributed by atoms with Crippen molar-refractivity contribution in [2.45, 2.75) is 65.1 Å². The number of benzene rings is 1. The summed E-state index contributed by atoms with van der Waals surface area (Å²) >= 11 is 0. The van der Waals surface area contributed by atoms with Crippen molar-refractivity contribution in [1.82, 2.24) is 14.1 Å². The quantitative estimate of drug-likeness (QED) is 0.194. The highest BCUT2D eigenvalue weighted by Crippen LogP contribution is 2.40. The second-order valence-corrected chi connectivity index (χ2v) is 9.23. The minimum Gasteiger partial charge on any atom is -0.493 e. The number of aryl methyl sites for hydroxylation is 2. The molecule has 1 N–H and O–H groups in total.